The predicted octanol–water partition coefficient (Wildman–Crippen LogP) is 5.57. The number of hydrogen-bond donors (Lipinski definition) is 0. The summed E-state index contributed by atoms with van der Waals surface area (Å²) in [7, 11) is -2.94. The van der Waals surface area contributed by atoms with E-state index in [4.69, 9.17) is 4.74 Å². The maximum Gasteiger partial charge on any atom is 0.282 e. The third kappa shape index (κ3) is 6.56. The number of piperidine rings is 1. The average molecular weight is 690 g/mol. The van der Waals surface area contributed by atoms with E-state index >= 15 is 0 Å². The van der Waals surface area contributed by atoms with Gasteiger partial charge in [-0.2, -0.15) is 0 Å². The molecule has 1 aromatic carbocycles. The van der Waals surface area contributed by atoms with Gasteiger partial charge in [-0.25, -0.2) is 17.8 Å². The Balaban J connectivity index is 0.916. The third-order valence-corrected chi connectivity index (χ3v) is 13.7. The van der Waals surface area contributed by atoms with Crippen molar-refractivity contribution in [3.05, 3.63) is 54.2 Å². The van der Waals surface area contributed by atoms with E-state index in [1.807, 2.05) is 6.07 Å². The zero-order chi connectivity index (χ0) is 33.9. The van der Waals surface area contributed by atoms with Crippen molar-refractivity contribution in [1.29, 1.82) is 0 Å². The highest BCUT2D eigenvalue weighted by Gasteiger charge is 2.53. The Hall–Kier alpha value is -3.22. The molecule has 8 rings (SSSR count). The minimum atomic E-state index is -2.94. The number of benzene rings is 1. The molecule has 0 N–H and O–H groups in total. The highest BCUT2D eigenvalue weighted by atomic mass is 32.2. The number of anilines is 1. The van der Waals surface area contributed by atoms with Crippen LogP contribution in [0.4, 0.5) is 10.2 Å². The summed E-state index contributed by atoms with van der Waals surface area (Å²) in [5.74, 6) is 2.86. The summed E-state index contributed by atoms with van der Waals surface area (Å²) < 4.78 is 45.1. The molecule has 3 aliphatic heterocycles. The number of aromatic nitrogens is 4. The molecule has 0 unspecified atom stereocenters. The molecule has 2 aliphatic carbocycles. The van der Waals surface area contributed by atoms with Crippen molar-refractivity contribution in [2.24, 2.45) is 17.3 Å². The lowest BCUT2D eigenvalue weighted by Crippen LogP contribution is -2.65. The summed E-state index contributed by atoms with van der Waals surface area (Å²) in [4.78, 5) is 16.8. The van der Waals surface area contributed by atoms with Gasteiger partial charge in [0, 0.05) is 61.7 Å². The van der Waals surface area contributed by atoms with Gasteiger partial charge in [0.25, 0.3) is 5.88 Å². The Morgan fingerprint density at radius 2 is 1.78 bits per heavy atom. The molecule has 5 fully saturated rings. The monoisotopic (exact) mass is 689 g/mol. The van der Waals surface area contributed by atoms with Crippen LogP contribution in [0.2, 0.25) is 0 Å². The van der Waals surface area contributed by atoms with Crippen molar-refractivity contribution < 1.29 is 17.5 Å². The number of likely N-dealkylation sites (tertiary alicyclic amines) is 2. The zero-order valence-electron chi connectivity index (χ0n) is 28.8. The van der Waals surface area contributed by atoms with Crippen LogP contribution >= 0.6 is 0 Å². The first-order chi connectivity index (χ1) is 23.6. The van der Waals surface area contributed by atoms with Crippen LogP contribution in [-0.2, 0) is 9.84 Å². The standard InChI is InChI=1S/C37H48FN7O3S/c1-24(2)34(26-17-28(18-26)43-14-10-29(11-15-43)49(3,46)47)45-21-37(22-45)12-16-44(20-37)35-36(42-41-23-40-35)48-32-9-8-27(38)19-31(32)33-30(25-6-7-25)5-4-13-39-33/h4-5,8-9,13,19,23-26,28-29,34H,6-7,10-12,14-18,20-22H2,1-3H3/t26?,28?,34-/m1/s1. The van der Waals surface area contributed by atoms with Crippen molar-refractivity contribution in [2.45, 2.75) is 82.0 Å². The van der Waals surface area contributed by atoms with Crippen molar-refractivity contribution in [2.75, 3.05) is 50.4 Å². The van der Waals surface area contributed by atoms with E-state index in [1.54, 1.807) is 12.3 Å². The van der Waals surface area contributed by atoms with E-state index in [2.05, 4.69) is 54.8 Å². The lowest BCUT2D eigenvalue weighted by Gasteiger charge is -2.58. The average Bonchev–Trinajstić information content (AvgIpc) is 3.80. The van der Waals surface area contributed by atoms with Gasteiger partial charge in [0.05, 0.1) is 10.9 Å². The zero-order valence-corrected chi connectivity index (χ0v) is 29.7. The first-order valence-electron chi connectivity index (χ1n) is 18.1. The fourth-order valence-electron chi connectivity index (χ4n) is 9.33. The maximum atomic E-state index is 14.6. The summed E-state index contributed by atoms with van der Waals surface area (Å²) in [6.07, 6.45) is 11.9. The fourth-order valence-corrected chi connectivity index (χ4v) is 10.4. The van der Waals surface area contributed by atoms with Crippen molar-refractivity contribution in [3.8, 4) is 22.9 Å². The molecule has 3 saturated heterocycles. The van der Waals surface area contributed by atoms with Crippen molar-refractivity contribution >= 4 is 15.7 Å². The Kier molecular flexibility index (Phi) is 8.63. The van der Waals surface area contributed by atoms with Crippen LogP contribution in [0.15, 0.2) is 42.9 Å². The topological polar surface area (TPSA) is 105 Å². The van der Waals surface area contributed by atoms with Crippen LogP contribution < -0.4 is 9.64 Å². The van der Waals surface area contributed by atoms with Crippen LogP contribution in [0.3, 0.4) is 0 Å². The Morgan fingerprint density at radius 1 is 1.00 bits per heavy atom. The number of sulfone groups is 1. The molecule has 1 atom stereocenters. The minimum Gasteiger partial charge on any atom is -0.434 e. The Morgan fingerprint density at radius 3 is 2.49 bits per heavy atom. The SMILES string of the molecule is CC(C)[C@H](C1CC(N2CCC(S(C)(=O)=O)CC2)C1)N1CC2(CCN(c3ncnnc3Oc3ccc(F)cc3-c3ncccc3C3CC3)C2)C1. The number of hydrogen-bond acceptors (Lipinski definition) is 10. The molecule has 262 valence electrons. The molecule has 2 aromatic heterocycles. The van der Waals surface area contributed by atoms with Crippen LogP contribution in [0.1, 0.15) is 70.3 Å². The van der Waals surface area contributed by atoms with Gasteiger partial charge in [-0.3, -0.25) is 9.88 Å². The van der Waals surface area contributed by atoms with E-state index in [9.17, 15) is 12.8 Å². The second-order valence-electron chi connectivity index (χ2n) is 15.8. The smallest absolute Gasteiger partial charge is 0.282 e. The van der Waals surface area contributed by atoms with Crippen LogP contribution in [0.25, 0.3) is 11.3 Å². The van der Waals surface area contributed by atoms with Gasteiger partial charge in [-0.15, -0.1) is 10.2 Å². The third-order valence-electron chi connectivity index (χ3n) is 12.0. The van der Waals surface area contributed by atoms with Gasteiger partial charge in [0.15, 0.2) is 5.82 Å². The van der Waals surface area contributed by atoms with Crippen LogP contribution in [-0.4, -0.2) is 101 Å². The maximum absolute atomic E-state index is 14.6. The highest BCUT2D eigenvalue weighted by molar-refractivity contribution is 7.91. The molecule has 0 amide bonds. The Labute approximate surface area is 289 Å². The number of rotatable bonds is 10. The molecular weight excluding hydrogens is 642 g/mol. The highest BCUT2D eigenvalue weighted by Crippen LogP contribution is 2.49. The molecule has 5 heterocycles. The van der Waals surface area contributed by atoms with Gasteiger partial charge >= 0.3 is 0 Å². The number of nitrogens with zero attached hydrogens (tertiary/aromatic N) is 7. The van der Waals surface area contributed by atoms with Gasteiger partial charge in [0.1, 0.15) is 27.7 Å². The van der Waals surface area contributed by atoms with Crippen molar-refractivity contribution in [3.63, 3.8) is 0 Å². The summed E-state index contributed by atoms with van der Waals surface area (Å²) in [5.41, 5.74) is 2.70. The van der Waals surface area contributed by atoms with Gasteiger partial charge in [0.2, 0.25) is 0 Å². The van der Waals surface area contributed by atoms with E-state index in [1.165, 1.54) is 37.6 Å². The summed E-state index contributed by atoms with van der Waals surface area (Å²) in [5, 5.41) is 8.27. The van der Waals surface area contributed by atoms with Gasteiger partial charge in [-0.1, -0.05) is 19.9 Å². The van der Waals surface area contributed by atoms with E-state index in [0.29, 0.717) is 52.8 Å². The first kappa shape index (κ1) is 33.0. The first-order valence-corrected chi connectivity index (χ1v) is 20.0. The van der Waals surface area contributed by atoms with Crippen LogP contribution in [0, 0.1) is 23.1 Å². The predicted molar refractivity (Wildman–Crippen MR) is 187 cm³/mol. The fraction of sp³-hybridized carbons (Fsp3) is 0.622. The lowest BCUT2D eigenvalue weighted by molar-refractivity contribution is -0.0813. The van der Waals surface area contributed by atoms with Crippen LogP contribution in [0.5, 0.6) is 11.6 Å². The molecular formula is C37H48FN7O3S. The number of pyridine rings is 1. The summed E-state index contributed by atoms with van der Waals surface area (Å²) in [6.45, 7) is 10.4. The number of halogens is 1. The molecule has 12 heteroatoms. The lowest BCUT2D eigenvalue weighted by atomic mass is 9.68. The largest absolute Gasteiger partial charge is 0.434 e. The normalized spacial score (nSPS) is 25.4. The van der Waals surface area contributed by atoms with E-state index in [-0.39, 0.29) is 16.5 Å². The number of ether oxygens (including phenoxy) is 1. The summed E-state index contributed by atoms with van der Waals surface area (Å²) >= 11 is 0. The van der Waals surface area contributed by atoms with E-state index < -0.39 is 9.84 Å². The molecule has 3 aromatic rings. The molecule has 1 spiro atoms. The van der Waals surface area contributed by atoms with Gasteiger partial charge < -0.3 is 14.5 Å². The molecule has 10 nitrogen and oxygen atoms in total. The minimum absolute atomic E-state index is 0.167. The molecule has 0 bridgehead atoms. The second-order valence-corrected chi connectivity index (χ2v) is 18.1. The van der Waals surface area contributed by atoms with Crippen molar-refractivity contribution in [1.82, 2.24) is 30.0 Å². The quantitative estimate of drug-likeness (QED) is 0.269. The van der Waals surface area contributed by atoms with E-state index in [0.717, 1.165) is 82.6 Å². The molecule has 5 aliphatic rings. The molecule has 49 heavy (non-hydrogen) atoms. The summed E-state index contributed by atoms with van der Waals surface area (Å²) in [6, 6.07) is 9.73. The second kappa shape index (κ2) is 12.8. The van der Waals surface area contributed by atoms with Gasteiger partial charge in [-0.05, 0) is 106 Å². The Bertz CT molecular complexity index is 1780. The molecule has 0 radical (unpaired) electrons. The molecule has 2 saturated carbocycles.